The predicted molar refractivity (Wildman–Crippen MR) is 97.5 cm³/mol. The molecule has 12 heteroatoms. The summed E-state index contributed by atoms with van der Waals surface area (Å²) < 4.78 is 71.7. The summed E-state index contributed by atoms with van der Waals surface area (Å²) >= 11 is 0. The van der Waals surface area contributed by atoms with Gasteiger partial charge in [-0.25, -0.2) is 9.38 Å². The molecule has 1 heterocycles. The number of aliphatic imine (C=N–C) groups is 1. The van der Waals surface area contributed by atoms with Crippen molar-refractivity contribution in [3.8, 4) is 0 Å². The Balaban J connectivity index is 2.57. The molecule has 7 nitrogen and oxygen atoms in total. The van der Waals surface area contributed by atoms with Crippen LogP contribution in [0.15, 0.2) is 23.2 Å². The minimum absolute atomic E-state index is 0.199. The summed E-state index contributed by atoms with van der Waals surface area (Å²) in [4.78, 5) is 29.9. The van der Waals surface area contributed by atoms with Gasteiger partial charge in [0.1, 0.15) is 5.54 Å². The number of hydrogen-bond acceptors (Lipinski definition) is 5. The first-order chi connectivity index (χ1) is 13.5. The van der Waals surface area contributed by atoms with Gasteiger partial charge in [-0.15, -0.1) is 0 Å². The maximum atomic E-state index is 15.3. The van der Waals surface area contributed by atoms with Gasteiger partial charge < -0.3 is 15.8 Å². The fourth-order valence-electron chi connectivity index (χ4n) is 3.12. The van der Waals surface area contributed by atoms with Crippen molar-refractivity contribution in [3.05, 3.63) is 29.6 Å². The van der Waals surface area contributed by atoms with Crippen molar-refractivity contribution in [2.75, 3.05) is 19.5 Å². The van der Waals surface area contributed by atoms with Gasteiger partial charge in [-0.05, 0) is 26.8 Å². The second kappa shape index (κ2) is 7.18. The molecule has 0 saturated carbocycles. The average Bonchev–Trinajstić information content (AvgIpc) is 2.65. The molecular formula is C18H21F5N4O3. The highest BCUT2D eigenvalue weighted by molar-refractivity contribution is 6.02. The lowest BCUT2D eigenvalue weighted by molar-refractivity contribution is -0.305. The summed E-state index contributed by atoms with van der Waals surface area (Å²) in [5.41, 5.74) is 1.88. The number of nitrogens with one attached hydrogen (secondary N) is 1. The van der Waals surface area contributed by atoms with Crippen LogP contribution in [-0.4, -0.2) is 48.9 Å². The molecule has 1 aromatic carbocycles. The first kappa shape index (κ1) is 23.5. The number of anilines is 1. The van der Waals surface area contributed by atoms with Gasteiger partial charge in [0, 0.05) is 19.7 Å². The number of guanidine groups is 1. The van der Waals surface area contributed by atoms with E-state index in [0.717, 1.165) is 11.0 Å². The molecule has 0 fully saturated rings. The van der Waals surface area contributed by atoms with Crippen LogP contribution in [0.4, 0.5) is 27.6 Å². The van der Waals surface area contributed by atoms with E-state index in [0.29, 0.717) is 7.11 Å². The van der Waals surface area contributed by atoms with Crippen LogP contribution >= 0.6 is 0 Å². The van der Waals surface area contributed by atoms with Crippen LogP contribution in [0.25, 0.3) is 0 Å². The molecule has 0 spiro atoms. The number of carbonyl (C=O) groups excluding carboxylic acids is 2. The standard InChI is InChI=1S/C18H21F5N4O3/c1-15(2)13(29)27(4)14(24)26-16(15,3)9-7-6-8-10(11(9)19)25-12(28)17(20,30-5)18(21,22)23/h6-8H,1-5H3,(H2,24,26)(H,25,28)/t16-,17?/m1/s1. The molecule has 1 aliphatic heterocycles. The molecular weight excluding hydrogens is 415 g/mol. The molecule has 3 N–H and O–H groups in total. The van der Waals surface area contributed by atoms with Crippen LogP contribution in [-0.2, 0) is 19.9 Å². The fraction of sp³-hybridized carbons (Fsp3) is 0.500. The van der Waals surface area contributed by atoms with E-state index in [9.17, 15) is 27.2 Å². The maximum absolute atomic E-state index is 15.3. The van der Waals surface area contributed by atoms with E-state index >= 15 is 4.39 Å². The second-order valence-corrected chi connectivity index (χ2v) is 7.45. The Morgan fingerprint density at radius 1 is 1.23 bits per heavy atom. The number of nitrogens with two attached hydrogens (primary N) is 1. The van der Waals surface area contributed by atoms with Crippen molar-refractivity contribution in [2.24, 2.45) is 16.1 Å². The summed E-state index contributed by atoms with van der Waals surface area (Å²) in [5.74, 6) is -8.83. The number of nitrogens with zero attached hydrogens (tertiary/aromatic N) is 2. The molecule has 166 valence electrons. The minimum atomic E-state index is -5.70. The number of methoxy groups -OCH3 is 1. The molecule has 0 aliphatic carbocycles. The zero-order chi connectivity index (χ0) is 23.3. The zero-order valence-electron chi connectivity index (χ0n) is 16.8. The molecule has 1 aliphatic rings. The van der Waals surface area contributed by atoms with Gasteiger partial charge in [0.15, 0.2) is 11.8 Å². The SMILES string of the molecule is COC(F)(C(=O)Nc1cccc([C@@]2(C)N=C(N)N(C)C(=O)C2(C)C)c1F)C(F)(F)F. The normalized spacial score (nSPS) is 23.6. The molecule has 0 aromatic heterocycles. The van der Waals surface area contributed by atoms with E-state index in [1.54, 1.807) is 5.32 Å². The van der Waals surface area contributed by atoms with E-state index in [1.807, 2.05) is 0 Å². The van der Waals surface area contributed by atoms with Gasteiger partial charge in [0.05, 0.1) is 11.1 Å². The quantitative estimate of drug-likeness (QED) is 0.710. The van der Waals surface area contributed by atoms with Gasteiger partial charge in [-0.1, -0.05) is 12.1 Å². The van der Waals surface area contributed by atoms with E-state index < -0.39 is 46.3 Å². The van der Waals surface area contributed by atoms with E-state index in [4.69, 9.17) is 5.73 Å². The summed E-state index contributed by atoms with van der Waals surface area (Å²) in [7, 11) is 1.74. The number of alkyl halides is 4. The Hall–Kier alpha value is -2.76. The molecule has 0 saturated heterocycles. The van der Waals surface area contributed by atoms with Crippen LogP contribution in [0.1, 0.15) is 26.3 Å². The monoisotopic (exact) mass is 436 g/mol. The number of rotatable bonds is 4. The number of halogens is 5. The van der Waals surface area contributed by atoms with Gasteiger partial charge in [-0.2, -0.15) is 17.6 Å². The molecule has 2 rings (SSSR count). The maximum Gasteiger partial charge on any atom is 0.458 e. The highest BCUT2D eigenvalue weighted by Gasteiger charge is 2.63. The highest BCUT2D eigenvalue weighted by atomic mass is 19.4. The third kappa shape index (κ3) is 3.28. The first-order valence-corrected chi connectivity index (χ1v) is 8.59. The second-order valence-electron chi connectivity index (χ2n) is 7.45. The fourth-order valence-corrected chi connectivity index (χ4v) is 3.12. The number of amides is 2. The average molecular weight is 436 g/mol. The molecule has 30 heavy (non-hydrogen) atoms. The zero-order valence-corrected chi connectivity index (χ0v) is 16.8. The Bertz CT molecular complexity index is 918. The van der Waals surface area contributed by atoms with Crippen molar-refractivity contribution in [1.29, 1.82) is 0 Å². The lowest BCUT2D eigenvalue weighted by Crippen LogP contribution is -2.58. The van der Waals surface area contributed by atoms with E-state index in [1.165, 1.54) is 40.0 Å². The van der Waals surface area contributed by atoms with E-state index in [-0.39, 0.29) is 11.5 Å². The predicted octanol–water partition coefficient (Wildman–Crippen LogP) is 2.67. The van der Waals surface area contributed by atoms with Gasteiger partial charge in [0.2, 0.25) is 5.91 Å². The van der Waals surface area contributed by atoms with Crippen molar-refractivity contribution >= 4 is 23.5 Å². The molecule has 0 bridgehead atoms. The lowest BCUT2D eigenvalue weighted by atomic mass is 9.67. The van der Waals surface area contributed by atoms with Crippen molar-refractivity contribution < 1.29 is 36.3 Å². The number of benzene rings is 1. The van der Waals surface area contributed by atoms with Crippen LogP contribution in [0.2, 0.25) is 0 Å². The van der Waals surface area contributed by atoms with Crippen LogP contribution < -0.4 is 11.1 Å². The van der Waals surface area contributed by atoms with Gasteiger partial charge >= 0.3 is 12.0 Å². The number of hydrogen-bond donors (Lipinski definition) is 2. The Kier molecular flexibility index (Phi) is 5.63. The topological polar surface area (TPSA) is 97.0 Å². The summed E-state index contributed by atoms with van der Waals surface area (Å²) in [5, 5.41) is 1.55. The first-order valence-electron chi connectivity index (χ1n) is 8.59. The van der Waals surface area contributed by atoms with Crippen LogP contribution in [0.5, 0.6) is 0 Å². The van der Waals surface area contributed by atoms with Gasteiger partial charge in [0.25, 0.3) is 5.91 Å². The number of ether oxygens (including phenoxy) is 1. The molecule has 2 atom stereocenters. The van der Waals surface area contributed by atoms with Crippen LogP contribution in [0, 0.1) is 11.2 Å². The lowest BCUT2D eigenvalue weighted by Gasteiger charge is -2.46. The molecule has 2 amide bonds. The Labute approximate surface area is 169 Å². The van der Waals surface area contributed by atoms with Crippen molar-refractivity contribution in [2.45, 2.75) is 38.3 Å². The highest BCUT2D eigenvalue weighted by Crippen LogP contribution is 2.48. The molecule has 1 unspecified atom stereocenters. The Morgan fingerprint density at radius 2 is 1.80 bits per heavy atom. The smallest absolute Gasteiger partial charge is 0.369 e. The Morgan fingerprint density at radius 3 is 2.30 bits per heavy atom. The third-order valence-electron chi connectivity index (χ3n) is 5.45. The summed E-state index contributed by atoms with van der Waals surface area (Å²) in [6.07, 6.45) is -5.70. The number of carbonyl (C=O) groups is 2. The molecule has 0 radical (unpaired) electrons. The van der Waals surface area contributed by atoms with Crippen LogP contribution in [0.3, 0.4) is 0 Å². The molecule has 1 aromatic rings. The van der Waals surface area contributed by atoms with E-state index in [2.05, 4.69) is 9.73 Å². The third-order valence-corrected chi connectivity index (χ3v) is 5.45. The van der Waals surface area contributed by atoms with Gasteiger partial charge in [-0.3, -0.25) is 14.5 Å². The summed E-state index contributed by atoms with van der Waals surface area (Å²) in [6.45, 7) is 4.40. The minimum Gasteiger partial charge on any atom is -0.369 e. The largest absolute Gasteiger partial charge is 0.458 e. The van der Waals surface area contributed by atoms with Crippen molar-refractivity contribution in [3.63, 3.8) is 0 Å². The van der Waals surface area contributed by atoms with Crippen molar-refractivity contribution in [1.82, 2.24) is 4.90 Å². The summed E-state index contributed by atoms with van der Waals surface area (Å²) in [6, 6.07) is 3.39.